The predicted octanol–water partition coefficient (Wildman–Crippen LogP) is 5.55. The lowest BCUT2D eigenvalue weighted by Gasteiger charge is -2.11. The van der Waals surface area contributed by atoms with Crippen molar-refractivity contribution in [2.75, 3.05) is 0 Å². The fraction of sp³-hybridized carbons (Fsp3) is 0.0667. The summed E-state index contributed by atoms with van der Waals surface area (Å²) in [4.78, 5) is 0. The molecule has 0 amide bonds. The van der Waals surface area contributed by atoms with E-state index < -0.39 is 0 Å². The molecule has 102 valence electrons. The molecular formula is C15H10BrCl2NO. The largest absolute Gasteiger partial charge is 0.459 e. The standard InChI is InChI=1S/C15H10BrCl2NO/c16-12-7-10(18)1-3-11(12)15(19)14-6-8-5-9(17)2-4-13(8)20-14/h1-7,15H,19H2. The Balaban J connectivity index is 2.05. The molecule has 0 bridgehead atoms. The molecule has 3 aromatic rings. The van der Waals surface area contributed by atoms with Crippen LogP contribution < -0.4 is 5.73 Å². The van der Waals surface area contributed by atoms with Gasteiger partial charge in [-0.25, -0.2) is 0 Å². The van der Waals surface area contributed by atoms with Crippen molar-refractivity contribution < 1.29 is 4.42 Å². The lowest BCUT2D eigenvalue weighted by atomic mass is 10.1. The van der Waals surface area contributed by atoms with Crippen LogP contribution in [0.15, 0.2) is 51.4 Å². The van der Waals surface area contributed by atoms with Gasteiger partial charge in [-0.1, -0.05) is 45.2 Å². The molecule has 1 heterocycles. The first-order valence-corrected chi connectivity index (χ1v) is 7.49. The number of nitrogens with two attached hydrogens (primary N) is 1. The van der Waals surface area contributed by atoms with Gasteiger partial charge in [0.25, 0.3) is 0 Å². The molecule has 5 heteroatoms. The van der Waals surface area contributed by atoms with Crippen LogP contribution >= 0.6 is 39.1 Å². The summed E-state index contributed by atoms with van der Waals surface area (Å²) in [5, 5.41) is 2.27. The van der Waals surface area contributed by atoms with Crippen LogP contribution in [-0.2, 0) is 0 Å². The quantitative estimate of drug-likeness (QED) is 0.642. The molecule has 20 heavy (non-hydrogen) atoms. The van der Waals surface area contributed by atoms with Crippen molar-refractivity contribution in [2.45, 2.75) is 6.04 Å². The molecule has 0 saturated carbocycles. The van der Waals surface area contributed by atoms with Crippen molar-refractivity contribution in [3.8, 4) is 0 Å². The Morgan fingerprint density at radius 2 is 1.70 bits per heavy atom. The number of rotatable bonds is 2. The molecule has 2 N–H and O–H groups in total. The van der Waals surface area contributed by atoms with Gasteiger partial charge in [0.2, 0.25) is 0 Å². The van der Waals surface area contributed by atoms with Gasteiger partial charge in [0.15, 0.2) is 0 Å². The summed E-state index contributed by atoms with van der Waals surface area (Å²) in [6, 6.07) is 12.5. The summed E-state index contributed by atoms with van der Waals surface area (Å²) >= 11 is 15.4. The molecule has 0 radical (unpaired) electrons. The monoisotopic (exact) mass is 369 g/mol. The highest BCUT2D eigenvalue weighted by Gasteiger charge is 2.17. The van der Waals surface area contributed by atoms with Gasteiger partial charge in [0, 0.05) is 19.9 Å². The zero-order valence-corrected chi connectivity index (χ0v) is 13.3. The molecule has 1 aromatic heterocycles. The summed E-state index contributed by atoms with van der Waals surface area (Å²) in [5.41, 5.74) is 7.95. The summed E-state index contributed by atoms with van der Waals surface area (Å²) in [6.07, 6.45) is 0. The predicted molar refractivity (Wildman–Crippen MR) is 86.4 cm³/mol. The normalized spacial score (nSPS) is 12.8. The van der Waals surface area contributed by atoms with Gasteiger partial charge < -0.3 is 10.2 Å². The summed E-state index contributed by atoms with van der Waals surface area (Å²) in [7, 11) is 0. The number of furan rings is 1. The highest BCUT2D eigenvalue weighted by atomic mass is 79.9. The van der Waals surface area contributed by atoms with Crippen LogP contribution in [-0.4, -0.2) is 0 Å². The number of fused-ring (bicyclic) bond motifs is 1. The van der Waals surface area contributed by atoms with Crippen LogP contribution in [0.3, 0.4) is 0 Å². The molecule has 2 aromatic carbocycles. The van der Waals surface area contributed by atoms with Crippen LogP contribution in [0.25, 0.3) is 11.0 Å². The highest BCUT2D eigenvalue weighted by Crippen LogP contribution is 2.32. The lowest BCUT2D eigenvalue weighted by molar-refractivity contribution is 0.524. The van der Waals surface area contributed by atoms with E-state index in [1.54, 1.807) is 12.1 Å². The molecule has 0 aliphatic heterocycles. The summed E-state index contributed by atoms with van der Waals surface area (Å²) in [6.45, 7) is 0. The zero-order chi connectivity index (χ0) is 14.3. The average Bonchev–Trinajstić information content (AvgIpc) is 2.81. The Labute approximate surface area is 134 Å². The maximum absolute atomic E-state index is 6.27. The Morgan fingerprint density at radius 1 is 1.00 bits per heavy atom. The Hall–Kier alpha value is -1.000. The third-order valence-corrected chi connectivity index (χ3v) is 4.26. The third-order valence-electron chi connectivity index (χ3n) is 3.10. The molecule has 0 aliphatic rings. The van der Waals surface area contributed by atoms with Crippen LogP contribution in [0, 0.1) is 0 Å². The van der Waals surface area contributed by atoms with Gasteiger partial charge >= 0.3 is 0 Å². The van der Waals surface area contributed by atoms with E-state index in [4.69, 9.17) is 33.4 Å². The van der Waals surface area contributed by atoms with Gasteiger partial charge in [0.05, 0.1) is 6.04 Å². The SMILES string of the molecule is NC(c1cc2cc(Cl)ccc2o1)c1ccc(Cl)cc1Br. The van der Waals surface area contributed by atoms with E-state index in [0.29, 0.717) is 15.8 Å². The fourth-order valence-electron chi connectivity index (χ4n) is 2.10. The van der Waals surface area contributed by atoms with Crippen LogP contribution in [0.4, 0.5) is 0 Å². The molecule has 0 spiro atoms. The first kappa shape index (κ1) is 14.0. The maximum atomic E-state index is 6.27. The first-order valence-electron chi connectivity index (χ1n) is 5.94. The number of hydrogen-bond donors (Lipinski definition) is 1. The molecule has 1 unspecified atom stereocenters. The second-order valence-corrected chi connectivity index (χ2v) is 6.20. The van der Waals surface area contributed by atoms with Gasteiger partial charge in [-0.05, 0) is 42.0 Å². The van der Waals surface area contributed by atoms with Crippen molar-refractivity contribution >= 4 is 50.1 Å². The molecule has 0 aliphatic carbocycles. The minimum Gasteiger partial charge on any atom is -0.459 e. The van der Waals surface area contributed by atoms with E-state index in [9.17, 15) is 0 Å². The Morgan fingerprint density at radius 3 is 2.45 bits per heavy atom. The molecule has 0 fully saturated rings. The average molecular weight is 371 g/mol. The summed E-state index contributed by atoms with van der Waals surface area (Å²) < 4.78 is 6.64. The van der Waals surface area contributed by atoms with E-state index in [1.807, 2.05) is 30.3 Å². The lowest BCUT2D eigenvalue weighted by Crippen LogP contribution is -2.11. The second kappa shape index (κ2) is 5.41. The van der Waals surface area contributed by atoms with Crippen molar-refractivity contribution in [1.29, 1.82) is 0 Å². The molecule has 1 atom stereocenters. The van der Waals surface area contributed by atoms with Gasteiger partial charge in [-0.3, -0.25) is 0 Å². The Kier molecular flexibility index (Phi) is 3.78. The second-order valence-electron chi connectivity index (χ2n) is 4.47. The van der Waals surface area contributed by atoms with E-state index in [0.717, 1.165) is 21.0 Å². The summed E-state index contributed by atoms with van der Waals surface area (Å²) in [5.74, 6) is 0.685. The van der Waals surface area contributed by atoms with Crippen molar-refractivity contribution in [3.63, 3.8) is 0 Å². The van der Waals surface area contributed by atoms with Crippen molar-refractivity contribution in [1.82, 2.24) is 0 Å². The van der Waals surface area contributed by atoms with Crippen LogP contribution in [0.1, 0.15) is 17.4 Å². The molecule has 0 saturated heterocycles. The maximum Gasteiger partial charge on any atom is 0.134 e. The van der Waals surface area contributed by atoms with E-state index in [1.165, 1.54) is 0 Å². The van der Waals surface area contributed by atoms with Crippen LogP contribution in [0.2, 0.25) is 10.0 Å². The zero-order valence-electron chi connectivity index (χ0n) is 10.2. The van der Waals surface area contributed by atoms with Crippen molar-refractivity contribution in [2.24, 2.45) is 5.73 Å². The third kappa shape index (κ3) is 2.59. The smallest absolute Gasteiger partial charge is 0.134 e. The topological polar surface area (TPSA) is 39.2 Å². The van der Waals surface area contributed by atoms with Gasteiger partial charge in [0.1, 0.15) is 11.3 Å². The highest BCUT2D eigenvalue weighted by molar-refractivity contribution is 9.10. The fourth-order valence-corrected chi connectivity index (χ4v) is 3.20. The van der Waals surface area contributed by atoms with Crippen LogP contribution in [0.5, 0.6) is 0 Å². The number of hydrogen-bond acceptors (Lipinski definition) is 2. The number of halogens is 3. The Bertz CT molecular complexity index is 785. The molecule has 3 rings (SSSR count). The number of benzene rings is 2. The minimum absolute atomic E-state index is 0.368. The van der Waals surface area contributed by atoms with Gasteiger partial charge in [-0.2, -0.15) is 0 Å². The van der Waals surface area contributed by atoms with E-state index in [2.05, 4.69) is 15.9 Å². The van der Waals surface area contributed by atoms with E-state index in [-0.39, 0.29) is 6.04 Å². The first-order chi connectivity index (χ1) is 9.54. The molecular weight excluding hydrogens is 361 g/mol. The van der Waals surface area contributed by atoms with E-state index >= 15 is 0 Å². The van der Waals surface area contributed by atoms with Crippen molar-refractivity contribution in [3.05, 3.63) is 68.3 Å². The molecule has 2 nitrogen and oxygen atoms in total. The minimum atomic E-state index is -0.368. The van der Waals surface area contributed by atoms with Gasteiger partial charge in [-0.15, -0.1) is 0 Å².